The van der Waals surface area contributed by atoms with E-state index in [4.69, 9.17) is 14.2 Å². The molecule has 0 amide bonds. The van der Waals surface area contributed by atoms with Gasteiger partial charge in [-0.2, -0.15) is 0 Å². The molecule has 2 aromatic carbocycles. The summed E-state index contributed by atoms with van der Waals surface area (Å²) in [5.41, 5.74) is 3.80. The number of esters is 1. The zero-order valence-electron chi connectivity index (χ0n) is 19.0. The molecule has 0 radical (unpaired) electrons. The van der Waals surface area contributed by atoms with Gasteiger partial charge in [0, 0.05) is 18.5 Å². The molecule has 1 aliphatic carbocycles. The van der Waals surface area contributed by atoms with Gasteiger partial charge in [-0.25, -0.2) is 4.79 Å². The molecule has 2 aromatic rings. The molecule has 0 aromatic heterocycles. The molecule has 5 nitrogen and oxygen atoms in total. The van der Waals surface area contributed by atoms with E-state index in [0.29, 0.717) is 12.0 Å². The Morgan fingerprint density at radius 1 is 1.23 bits per heavy atom. The molecule has 3 atom stereocenters. The Morgan fingerprint density at radius 2 is 1.97 bits per heavy atom. The van der Waals surface area contributed by atoms with Crippen LogP contribution in [-0.4, -0.2) is 43.8 Å². The minimum absolute atomic E-state index is 0.120. The normalized spacial score (nSPS) is 23.8. The van der Waals surface area contributed by atoms with Gasteiger partial charge in [0.25, 0.3) is 0 Å². The molecule has 0 spiro atoms. The van der Waals surface area contributed by atoms with Crippen LogP contribution in [0, 0.1) is 6.92 Å². The first-order chi connectivity index (χ1) is 14.9. The maximum atomic E-state index is 12.6. The average molecular weight is 422 g/mol. The summed E-state index contributed by atoms with van der Waals surface area (Å²) >= 11 is 0. The zero-order valence-corrected chi connectivity index (χ0v) is 19.0. The molecule has 2 aliphatic rings. The lowest BCUT2D eigenvalue weighted by Gasteiger charge is -2.34. The summed E-state index contributed by atoms with van der Waals surface area (Å²) < 4.78 is 17.8. The zero-order chi connectivity index (χ0) is 22.2. The summed E-state index contributed by atoms with van der Waals surface area (Å²) in [6, 6.07) is 11.6. The highest BCUT2D eigenvalue weighted by Crippen LogP contribution is 2.53. The van der Waals surface area contributed by atoms with Gasteiger partial charge < -0.3 is 19.1 Å². The number of nitrogens with zero attached hydrogens (tertiary/aromatic N) is 1. The van der Waals surface area contributed by atoms with Gasteiger partial charge in [0.15, 0.2) is 11.5 Å². The van der Waals surface area contributed by atoms with Crippen LogP contribution in [-0.2, 0) is 16.7 Å². The molecule has 164 valence electrons. The standard InChI is InChI=1S/C26H31NO4/c1-6-27(4)16-19-11-12-21(29-5)24-23(19)26(3)14-13-20(15-22(26)31-24)30-25(28)18-9-7-17(2)8-10-18/h7-14,20,22H,6,15-16H2,1-5H3/t20-,22-,26+/m0/s1. The summed E-state index contributed by atoms with van der Waals surface area (Å²) in [4.78, 5) is 14.9. The minimum Gasteiger partial charge on any atom is -0.493 e. The van der Waals surface area contributed by atoms with Gasteiger partial charge in [0.1, 0.15) is 12.2 Å². The number of fused-ring (bicyclic) bond motifs is 3. The molecule has 0 saturated carbocycles. The molecular weight excluding hydrogens is 390 g/mol. The summed E-state index contributed by atoms with van der Waals surface area (Å²) in [7, 11) is 3.78. The van der Waals surface area contributed by atoms with Gasteiger partial charge in [-0.05, 0) is 57.3 Å². The third-order valence-corrected chi connectivity index (χ3v) is 6.52. The van der Waals surface area contributed by atoms with E-state index in [1.165, 1.54) is 11.1 Å². The highest BCUT2D eigenvalue weighted by Gasteiger charge is 2.49. The molecule has 0 fully saturated rings. The van der Waals surface area contributed by atoms with Gasteiger partial charge in [0.05, 0.1) is 18.1 Å². The second-order valence-electron chi connectivity index (χ2n) is 8.76. The fourth-order valence-electron chi connectivity index (χ4n) is 4.50. The largest absolute Gasteiger partial charge is 0.493 e. The van der Waals surface area contributed by atoms with Crippen molar-refractivity contribution in [2.75, 3.05) is 20.7 Å². The van der Waals surface area contributed by atoms with Gasteiger partial charge in [0.2, 0.25) is 0 Å². The van der Waals surface area contributed by atoms with Crippen LogP contribution in [0.4, 0.5) is 0 Å². The van der Waals surface area contributed by atoms with E-state index >= 15 is 0 Å². The van der Waals surface area contributed by atoms with Gasteiger partial charge in [-0.1, -0.05) is 36.8 Å². The van der Waals surface area contributed by atoms with E-state index in [1.807, 2.05) is 31.2 Å². The van der Waals surface area contributed by atoms with E-state index in [1.54, 1.807) is 19.2 Å². The predicted octanol–water partition coefficient (Wildman–Crippen LogP) is 4.66. The monoisotopic (exact) mass is 421 g/mol. The van der Waals surface area contributed by atoms with Gasteiger partial charge >= 0.3 is 5.97 Å². The van der Waals surface area contributed by atoms with Gasteiger partial charge in [-0.3, -0.25) is 0 Å². The lowest BCUT2D eigenvalue weighted by molar-refractivity contribution is 0.0238. The van der Waals surface area contributed by atoms with Crippen LogP contribution in [0.3, 0.4) is 0 Å². The second-order valence-corrected chi connectivity index (χ2v) is 8.76. The predicted molar refractivity (Wildman–Crippen MR) is 121 cm³/mol. The fourth-order valence-corrected chi connectivity index (χ4v) is 4.50. The number of aryl methyl sites for hydroxylation is 1. The Labute approximate surface area is 184 Å². The molecule has 0 N–H and O–H groups in total. The minimum atomic E-state index is -0.325. The Morgan fingerprint density at radius 3 is 2.65 bits per heavy atom. The first-order valence-electron chi connectivity index (χ1n) is 10.9. The van der Waals surface area contributed by atoms with Crippen molar-refractivity contribution in [3.05, 3.63) is 70.8 Å². The molecule has 5 heteroatoms. The van der Waals surface area contributed by atoms with Crippen molar-refractivity contribution in [3.8, 4) is 11.5 Å². The number of methoxy groups -OCH3 is 1. The van der Waals surface area contributed by atoms with E-state index in [-0.39, 0.29) is 23.6 Å². The lowest BCUT2D eigenvalue weighted by atomic mass is 9.72. The Hall–Kier alpha value is -2.79. The molecule has 1 aliphatic heterocycles. The van der Waals surface area contributed by atoms with Crippen molar-refractivity contribution in [1.29, 1.82) is 0 Å². The van der Waals surface area contributed by atoms with Crippen LogP contribution in [0.15, 0.2) is 48.6 Å². The molecule has 1 heterocycles. The maximum absolute atomic E-state index is 12.6. The summed E-state index contributed by atoms with van der Waals surface area (Å²) in [6.07, 6.45) is 4.31. The summed E-state index contributed by atoms with van der Waals surface area (Å²) in [6.45, 7) is 8.16. The molecule has 4 rings (SSSR count). The van der Waals surface area contributed by atoms with Crippen molar-refractivity contribution < 1.29 is 19.0 Å². The lowest BCUT2D eigenvalue weighted by Crippen LogP contribution is -2.41. The number of hydrogen-bond acceptors (Lipinski definition) is 5. The maximum Gasteiger partial charge on any atom is 0.338 e. The Bertz CT molecular complexity index is 997. The number of rotatable bonds is 6. The molecule has 0 unspecified atom stereocenters. The van der Waals surface area contributed by atoms with Crippen LogP contribution in [0.5, 0.6) is 11.5 Å². The molecule has 0 saturated heterocycles. The van der Waals surface area contributed by atoms with Crippen molar-refractivity contribution in [3.63, 3.8) is 0 Å². The van der Waals surface area contributed by atoms with E-state index < -0.39 is 0 Å². The first-order valence-corrected chi connectivity index (χ1v) is 10.9. The van der Waals surface area contributed by atoms with Gasteiger partial charge in [-0.15, -0.1) is 0 Å². The van der Waals surface area contributed by atoms with Crippen LogP contribution < -0.4 is 9.47 Å². The summed E-state index contributed by atoms with van der Waals surface area (Å²) in [5, 5.41) is 0. The van der Waals surface area contributed by atoms with Crippen LogP contribution >= 0.6 is 0 Å². The number of carbonyl (C=O) groups excluding carboxylic acids is 1. The molecular formula is C26H31NO4. The first kappa shape index (κ1) is 21.4. The van der Waals surface area contributed by atoms with Crippen molar-refractivity contribution in [1.82, 2.24) is 4.90 Å². The van der Waals surface area contributed by atoms with E-state index in [9.17, 15) is 4.79 Å². The number of benzene rings is 2. The smallest absolute Gasteiger partial charge is 0.338 e. The average Bonchev–Trinajstić information content (AvgIpc) is 3.07. The van der Waals surface area contributed by atoms with E-state index in [2.05, 4.69) is 37.9 Å². The van der Waals surface area contributed by atoms with Crippen LogP contribution in [0.2, 0.25) is 0 Å². The SMILES string of the molecule is CCN(C)Cc1ccc(OC)c2c1[C@]1(C)C=C[C@H](OC(=O)c3ccc(C)cc3)C[C@@H]1O2. The molecule has 0 bridgehead atoms. The highest BCUT2D eigenvalue weighted by molar-refractivity contribution is 5.89. The second kappa shape index (κ2) is 8.39. The number of hydrogen-bond donors (Lipinski definition) is 0. The number of carbonyl (C=O) groups is 1. The quantitative estimate of drug-likeness (QED) is 0.502. The van der Waals surface area contributed by atoms with E-state index in [0.717, 1.165) is 30.2 Å². The fraction of sp³-hybridized carbons (Fsp3) is 0.423. The third-order valence-electron chi connectivity index (χ3n) is 6.52. The third kappa shape index (κ3) is 3.94. The molecule has 31 heavy (non-hydrogen) atoms. The number of ether oxygens (including phenoxy) is 3. The Kier molecular flexibility index (Phi) is 5.80. The van der Waals surface area contributed by atoms with Crippen LogP contribution in [0.1, 0.15) is 47.3 Å². The topological polar surface area (TPSA) is 48.0 Å². The Balaban J connectivity index is 1.60. The van der Waals surface area contributed by atoms with Crippen LogP contribution in [0.25, 0.3) is 0 Å². The van der Waals surface area contributed by atoms with Crippen molar-refractivity contribution in [2.24, 2.45) is 0 Å². The highest BCUT2D eigenvalue weighted by atomic mass is 16.6. The van der Waals surface area contributed by atoms with Crippen molar-refractivity contribution >= 4 is 5.97 Å². The summed E-state index contributed by atoms with van der Waals surface area (Å²) in [5.74, 6) is 1.25. The van der Waals surface area contributed by atoms with Crippen molar-refractivity contribution in [2.45, 2.75) is 51.4 Å².